The van der Waals surface area contributed by atoms with Crippen LogP contribution in [0.15, 0.2) is 84.0 Å². The van der Waals surface area contributed by atoms with Crippen LogP contribution in [0.5, 0.6) is 0 Å². The number of aldehydes is 1. The third kappa shape index (κ3) is 20.0. The lowest BCUT2D eigenvalue weighted by Crippen LogP contribution is -2.37. The molecule has 0 aliphatic carbocycles. The molecule has 0 aromatic carbocycles. The number of rotatable bonds is 23. The third-order valence-corrected chi connectivity index (χ3v) is 6.06. The Hall–Kier alpha value is -3.00. The molecular formula is C32H50F3N3O2. The zero-order valence-corrected chi connectivity index (χ0v) is 24.8. The molecule has 3 N–H and O–H groups in total. The van der Waals surface area contributed by atoms with Crippen LogP contribution in [0.1, 0.15) is 71.6 Å². The van der Waals surface area contributed by atoms with E-state index >= 15 is 0 Å². The Kier molecular flexibility index (Phi) is 21.1. The largest absolute Gasteiger partial charge is 0.494 e. The van der Waals surface area contributed by atoms with Crippen molar-refractivity contribution in [1.82, 2.24) is 16.0 Å². The number of likely N-dealkylation sites (N-methyl/N-ethyl adjacent to an activating group) is 1. The van der Waals surface area contributed by atoms with E-state index in [2.05, 4.69) is 61.2 Å². The molecule has 8 heteroatoms. The average molecular weight is 566 g/mol. The summed E-state index contributed by atoms with van der Waals surface area (Å²) < 4.78 is 42.5. The van der Waals surface area contributed by atoms with Gasteiger partial charge in [0.15, 0.2) is 6.29 Å². The summed E-state index contributed by atoms with van der Waals surface area (Å²) in [6, 6.07) is 0.143. The minimum atomic E-state index is -4.24. The van der Waals surface area contributed by atoms with Crippen molar-refractivity contribution < 1.29 is 22.7 Å². The lowest BCUT2D eigenvalue weighted by molar-refractivity contribution is -0.142. The van der Waals surface area contributed by atoms with Gasteiger partial charge in [-0.25, -0.2) is 0 Å². The minimum absolute atomic E-state index is 0.143. The number of hydrogen-bond acceptors (Lipinski definition) is 5. The zero-order valence-electron chi connectivity index (χ0n) is 24.8. The van der Waals surface area contributed by atoms with Gasteiger partial charge >= 0.3 is 6.18 Å². The lowest BCUT2D eigenvalue weighted by Gasteiger charge is -2.19. The van der Waals surface area contributed by atoms with Crippen LogP contribution in [-0.4, -0.2) is 45.8 Å². The Labute approximate surface area is 240 Å². The van der Waals surface area contributed by atoms with Gasteiger partial charge in [-0.15, -0.1) is 0 Å². The second kappa shape index (κ2) is 22.8. The van der Waals surface area contributed by atoms with Crippen molar-refractivity contribution >= 4 is 6.29 Å². The van der Waals surface area contributed by atoms with Gasteiger partial charge < -0.3 is 20.7 Å². The molecule has 0 saturated carbocycles. The third-order valence-electron chi connectivity index (χ3n) is 6.06. The highest BCUT2D eigenvalue weighted by molar-refractivity contribution is 5.73. The summed E-state index contributed by atoms with van der Waals surface area (Å²) >= 11 is 0. The van der Waals surface area contributed by atoms with Gasteiger partial charge in [0.1, 0.15) is 5.76 Å². The van der Waals surface area contributed by atoms with E-state index in [-0.39, 0.29) is 6.04 Å². The van der Waals surface area contributed by atoms with Crippen molar-refractivity contribution in [2.45, 2.75) is 83.9 Å². The second-order valence-corrected chi connectivity index (χ2v) is 9.60. The first kappa shape index (κ1) is 37.0. The van der Waals surface area contributed by atoms with Crippen molar-refractivity contribution in [1.29, 1.82) is 0 Å². The number of hydrogen-bond donors (Lipinski definition) is 3. The fourth-order valence-electron chi connectivity index (χ4n) is 3.70. The van der Waals surface area contributed by atoms with E-state index in [0.717, 1.165) is 56.1 Å². The summed E-state index contributed by atoms with van der Waals surface area (Å²) in [4.78, 5) is 11.8. The van der Waals surface area contributed by atoms with Gasteiger partial charge in [-0.3, -0.25) is 4.79 Å². The van der Waals surface area contributed by atoms with E-state index in [1.165, 1.54) is 5.57 Å². The van der Waals surface area contributed by atoms with Gasteiger partial charge in [0.25, 0.3) is 0 Å². The Morgan fingerprint density at radius 3 is 2.45 bits per heavy atom. The number of carbonyl (C=O) groups is 1. The molecule has 226 valence electrons. The first-order chi connectivity index (χ1) is 19.1. The molecule has 0 rings (SSSR count). The van der Waals surface area contributed by atoms with Crippen LogP contribution in [-0.2, 0) is 9.53 Å². The molecule has 0 aliphatic heterocycles. The number of nitrogens with one attached hydrogen (secondary N) is 3. The zero-order chi connectivity index (χ0) is 30.2. The number of ether oxygens (including phenoxy) is 1. The molecule has 40 heavy (non-hydrogen) atoms. The molecule has 5 nitrogen and oxygen atoms in total. The highest BCUT2D eigenvalue weighted by Gasteiger charge is 2.26. The van der Waals surface area contributed by atoms with Crippen molar-refractivity contribution in [3.8, 4) is 0 Å². The molecule has 0 heterocycles. The Morgan fingerprint density at radius 2 is 1.85 bits per heavy atom. The number of allylic oxidation sites excluding steroid dienone is 10. The average Bonchev–Trinajstić information content (AvgIpc) is 2.91. The Bertz CT molecular complexity index is 900. The topological polar surface area (TPSA) is 62.4 Å². The monoisotopic (exact) mass is 565 g/mol. The van der Waals surface area contributed by atoms with Gasteiger partial charge in [0.05, 0.1) is 18.7 Å². The van der Waals surface area contributed by atoms with E-state index in [0.29, 0.717) is 30.8 Å². The predicted octanol–water partition coefficient (Wildman–Crippen LogP) is 7.59. The van der Waals surface area contributed by atoms with Gasteiger partial charge in [-0.1, -0.05) is 74.4 Å². The molecule has 0 aromatic rings. The fraction of sp³-hybridized carbons (Fsp3) is 0.531. The molecule has 0 aromatic heterocycles. The smallest absolute Gasteiger partial charge is 0.392 e. The summed E-state index contributed by atoms with van der Waals surface area (Å²) in [5.41, 5.74) is 3.57. The maximum absolute atomic E-state index is 12.4. The van der Waals surface area contributed by atoms with E-state index in [9.17, 15) is 18.0 Å². The molecule has 0 aliphatic rings. The maximum Gasteiger partial charge on any atom is 0.392 e. The fourth-order valence-corrected chi connectivity index (χ4v) is 3.70. The van der Waals surface area contributed by atoms with Gasteiger partial charge in [-0.05, 0) is 58.2 Å². The minimum Gasteiger partial charge on any atom is -0.494 e. The highest BCUT2D eigenvalue weighted by atomic mass is 19.4. The van der Waals surface area contributed by atoms with Crippen LogP contribution < -0.4 is 16.0 Å². The van der Waals surface area contributed by atoms with E-state index in [1.54, 1.807) is 31.4 Å². The normalized spacial score (nSPS) is 14.3. The summed E-state index contributed by atoms with van der Waals surface area (Å²) in [6.07, 6.45) is 15.5. The van der Waals surface area contributed by atoms with Gasteiger partial charge in [-0.2, -0.15) is 13.2 Å². The summed E-state index contributed by atoms with van der Waals surface area (Å²) in [5.74, 6) is 0.413. The molecular weight excluding hydrogens is 515 g/mol. The second-order valence-electron chi connectivity index (χ2n) is 9.60. The molecule has 0 unspecified atom stereocenters. The lowest BCUT2D eigenvalue weighted by atomic mass is 10.1. The molecule has 0 spiro atoms. The standard InChI is InChI=1S/C32H50F3N3O2/c1-7-9-15-26(3)16-14-17-27(4)23-30(37-6)31(25-39)38-24-28(36-5)18-12-11-13-20-29(19-10-8-2)40-22-21-32(33,34)35/h8,10,14-16,19-20,25,28,36-38H,2,4,7,9,11-13,17-18,21-24H2,1,3,5-6H3/b16-14?,19-10-,26-15-,29-20+,31-30+/t28-/m0/s1. The van der Waals surface area contributed by atoms with Crippen LogP contribution in [0.2, 0.25) is 0 Å². The van der Waals surface area contributed by atoms with Crippen LogP contribution >= 0.6 is 0 Å². The van der Waals surface area contributed by atoms with Crippen molar-refractivity contribution in [3.63, 3.8) is 0 Å². The molecule has 0 radical (unpaired) electrons. The number of carbonyl (C=O) groups excluding carboxylic acids is 1. The maximum atomic E-state index is 12.4. The van der Waals surface area contributed by atoms with Gasteiger partial charge in [0, 0.05) is 31.8 Å². The summed E-state index contributed by atoms with van der Waals surface area (Å²) in [5, 5.41) is 9.68. The van der Waals surface area contributed by atoms with Gasteiger partial charge in [0.2, 0.25) is 0 Å². The molecule has 0 fully saturated rings. The molecule has 1 atom stereocenters. The van der Waals surface area contributed by atoms with E-state index < -0.39 is 19.2 Å². The highest BCUT2D eigenvalue weighted by Crippen LogP contribution is 2.20. The molecule has 0 bridgehead atoms. The van der Waals surface area contributed by atoms with Crippen LogP contribution in [0, 0.1) is 0 Å². The summed E-state index contributed by atoms with van der Waals surface area (Å²) in [6.45, 7) is 12.2. The van der Waals surface area contributed by atoms with Crippen LogP contribution in [0.3, 0.4) is 0 Å². The quantitative estimate of drug-likeness (QED) is 0.0298. The van der Waals surface area contributed by atoms with Crippen molar-refractivity contribution in [2.75, 3.05) is 27.2 Å². The van der Waals surface area contributed by atoms with E-state index in [1.807, 2.05) is 7.05 Å². The Morgan fingerprint density at radius 1 is 1.10 bits per heavy atom. The number of halogens is 3. The van der Waals surface area contributed by atoms with Crippen molar-refractivity contribution in [3.05, 3.63) is 84.0 Å². The van der Waals surface area contributed by atoms with Crippen LogP contribution in [0.25, 0.3) is 0 Å². The van der Waals surface area contributed by atoms with E-state index in [4.69, 9.17) is 4.74 Å². The van der Waals surface area contributed by atoms with Crippen LogP contribution in [0.4, 0.5) is 13.2 Å². The van der Waals surface area contributed by atoms with Crippen molar-refractivity contribution in [2.24, 2.45) is 0 Å². The first-order valence-electron chi connectivity index (χ1n) is 14.1. The SMILES string of the molecule is C=C/C=C\C(=C/CCCC[C@@H](CN/C(C=O)=C(\CC(=C)CC=C/C(C)=C\CCC)NC)NC)OCCC(F)(F)F. The molecule has 0 saturated heterocycles. The predicted molar refractivity (Wildman–Crippen MR) is 162 cm³/mol. The Balaban J connectivity index is 4.80. The first-order valence-corrected chi connectivity index (χ1v) is 14.1. The molecule has 0 amide bonds. The summed E-state index contributed by atoms with van der Waals surface area (Å²) in [7, 11) is 3.68. The number of alkyl halides is 3. The number of unbranched alkanes of at least 4 members (excludes halogenated alkanes) is 3.